The van der Waals surface area contributed by atoms with E-state index in [0.717, 1.165) is 41.7 Å². The van der Waals surface area contributed by atoms with Crippen molar-refractivity contribution in [2.45, 2.75) is 25.4 Å². The van der Waals surface area contributed by atoms with Crippen LogP contribution in [0.25, 0.3) is 0 Å². The standard InChI is InChI=1S/C14H18BrN3O2/c1-8-10(19)7-9-12(11(8)15)16-14(17-13(9)20)3-5-18(2)6-4-14/h7,16,19H,3-6H2,1-2H3,(H,17,20). The van der Waals surface area contributed by atoms with Gasteiger partial charge in [-0.3, -0.25) is 4.79 Å². The number of carbonyl (C=O) groups excluding carboxylic acids is 1. The topological polar surface area (TPSA) is 64.6 Å². The van der Waals surface area contributed by atoms with Crippen LogP contribution < -0.4 is 10.6 Å². The lowest BCUT2D eigenvalue weighted by molar-refractivity contribution is 0.0845. The van der Waals surface area contributed by atoms with Gasteiger partial charge in [0.1, 0.15) is 11.4 Å². The van der Waals surface area contributed by atoms with Gasteiger partial charge in [0.05, 0.1) is 11.3 Å². The number of carbonyl (C=O) groups is 1. The van der Waals surface area contributed by atoms with Crippen molar-refractivity contribution >= 4 is 27.5 Å². The predicted molar refractivity (Wildman–Crippen MR) is 81.1 cm³/mol. The molecular weight excluding hydrogens is 322 g/mol. The Kier molecular flexibility index (Phi) is 3.17. The van der Waals surface area contributed by atoms with Gasteiger partial charge in [0.15, 0.2) is 0 Å². The van der Waals surface area contributed by atoms with Crippen LogP contribution >= 0.6 is 15.9 Å². The van der Waals surface area contributed by atoms with Crippen molar-refractivity contribution in [1.82, 2.24) is 10.2 Å². The summed E-state index contributed by atoms with van der Waals surface area (Å²) in [6.45, 7) is 3.71. The Balaban J connectivity index is 2.02. The van der Waals surface area contributed by atoms with Crippen molar-refractivity contribution in [3.63, 3.8) is 0 Å². The average molecular weight is 340 g/mol. The third-order valence-corrected chi connectivity index (χ3v) is 5.28. The van der Waals surface area contributed by atoms with Crippen LogP contribution in [0.2, 0.25) is 0 Å². The molecule has 0 aromatic heterocycles. The van der Waals surface area contributed by atoms with Crippen LogP contribution in [-0.4, -0.2) is 41.7 Å². The number of phenols is 1. The Labute approximate surface area is 126 Å². The molecule has 0 radical (unpaired) electrons. The van der Waals surface area contributed by atoms with Gasteiger partial charge in [0.2, 0.25) is 0 Å². The molecule has 108 valence electrons. The number of fused-ring (bicyclic) bond motifs is 1. The van der Waals surface area contributed by atoms with Gasteiger partial charge in [0.25, 0.3) is 5.91 Å². The molecule has 1 aromatic carbocycles. The number of likely N-dealkylation sites (tertiary alicyclic amines) is 1. The minimum Gasteiger partial charge on any atom is -0.508 e. The lowest BCUT2D eigenvalue weighted by Crippen LogP contribution is -2.62. The normalized spacial score (nSPS) is 21.2. The number of benzene rings is 1. The van der Waals surface area contributed by atoms with E-state index >= 15 is 0 Å². The molecule has 0 unspecified atom stereocenters. The minimum absolute atomic E-state index is 0.126. The van der Waals surface area contributed by atoms with E-state index in [4.69, 9.17) is 0 Å². The molecule has 0 saturated carbocycles. The molecule has 2 aliphatic rings. The van der Waals surface area contributed by atoms with Crippen LogP contribution in [0, 0.1) is 6.92 Å². The van der Waals surface area contributed by atoms with Gasteiger partial charge >= 0.3 is 0 Å². The highest BCUT2D eigenvalue weighted by Crippen LogP contribution is 2.40. The van der Waals surface area contributed by atoms with E-state index in [-0.39, 0.29) is 17.3 Å². The van der Waals surface area contributed by atoms with Crippen molar-refractivity contribution < 1.29 is 9.90 Å². The second kappa shape index (κ2) is 4.63. The number of phenolic OH excluding ortho intramolecular Hbond substituents is 1. The van der Waals surface area contributed by atoms with Crippen molar-refractivity contribution in [3.05, 3.63) is 21.7 Å². The second-order valence-electron chi connectivity index (χ2n) is 5.72. The third-order valence-electron chi connectivity index (χ3n) is 4.29. The number of aromatic hydroxyl groups is 1. The van der Waals surface area contributed by atoms with Crippen LogP contribution in [0.15, 0.2) is 10.5 Å². The zero-order valence-electron chi connectivity index (χ0n) is 11.6. The molecule has 0 bridgehead atoms. The molecule has 3 rings (SSSR count). The van der Waals surface area contributed by atoms with E-state index in [1.54, 1.807) is 0 Å². The van der Waals surface area contributed by atoms with E-state index in [1.165, 1.54) is 6.07 Å². The molecule has 20 heavy (non-hydrogen) atoms. The van der Waals surface area contributed by atoms with E-state index in [2.05, 4.69) is 38.5 Å². The van der Waals surface area contributed by atoms with Gasteiger partial charge in [-0.25, -0.2) is 0 Å². The number of amides is 1. The number of anilines is 1. The van der Waals surface area contributed by atoms with Crippen LogP contribution in [0.5, 0.6) is 5.75 Å². The number of halogens is 1. The van der Waals surface area contributed by atoms with Gasteiger partial charge in [-0.2, -0.15) is 0 Å². The number of rotatable bonds is 0. The maximum atomic E-state index is 12.4. The molecule has 6 heteroatoms. The molecule has 1 fully saturated rings. The average Bonchev–Trinajstić information content (AvgIpc) is 2.42. The summed E-state index contributed by atoms with van der Waals surface area (Å²) in [5, 5.41) is 16.4. The number of piperidine rings is 1. The van der Waals surface area contributed by atoms with Crippen molar-refractivity contribution in [3.8, 4) is 5.75 Å². The summed E-state index contributed by atoms with van der Waals surface area (Å²) in [5.41, 5.74) is 1.65. The van der Waals surface area contributed by atoms with Gasteiger partial charge in [0, 0.05) is 36.0 Å². The number of nitrogens with zero attached hydrogens (tertiary/aromatic N) is 1. The minimum atomic E-state index is -0.372. The summed E-state index contributed by atoms with van der Waals surface area (Å²) in [4.78, 5) is 14.6. The van der Waals surface area contributed by atoms with Crippen molar-refractivity contribution in [2.75, 3.05) is 25.5 Å². The highest BCUT2D eigenvalue weighted by molar-refractivity contribution is 9.10. The highest BCUT2D eigenvalue weighted by atomic mass is 79.9. The number of nitrogens with one attached hydrogen (secondary N) is 2. The van der Waals surface area contributed by atoms with E-state index in [0.29, 0.717) is 5.56 Å². The molecule has 0 aliphatic carbocycles. The number of hydrogen-bond acceptors (Lipinski definition) is 4. The Bertz CT molecular complexity index is 580. The van der Waals surface area contributed by atoms with Crippen LogP contribution in [-0.2, 0) is 0 Å². The van der Waals surface area contributed by atoms with Crippen molar-refractivity contribution in [2.24, 2.45) is 0 Å². The first-order valence-corrected chi connectivity index (χ1v) is 7.52. The molecule has 2 aliphatic heterocycles. The van der Waals surface area contributed by atoms with E-state index in [1.807, 2.05) is 6.92 Å². The lowest BCUT2D eigenvalue weighted by atomic mass is 9.92. The van der Waals surface area contributed by atoms with Crippen LogP contribution in [0.4, 0.5) is 5.69 Å². The zero-order chi connectivity index (χ0) is 14.5. The molecule has 1 amide bonds. The first-order valence-electron chi connectivity index (χ1n) is 6.73. The predicted octanol–water partition coefficient (Wildman–Crippen LogP) is 2.04. The SMILES string of the molecule is Cc1c(O)cc2c(c1Br)NC1(CCN(C)CC1)NC2=O. The van der Waals surface area contributed by atoms with Crippen LogP contribution in [0.1, 0.15) is 28.8 Å². The second-order valence-corrected chi connectivity index (χ2v) is 6.51. The summed E-state index contributed by atoms with van der Waals surface area (Å²) >= 11 is 3.49. The first-order chi connectivity index (χ1) is 9.42. The molecule has 5 nitrogen and oxygen atoms in total. The highest BCUT2D eigenvalue weighted by Gasteiger charge is 2.40. The zero-order valence-corrected chi connectivity index (χ0v) is 13.2. The summed E-state index contributed by atoms with van der Waals surface area (Å²) in [5.74, 6) is 0.00575. The molecule has 1 spiro atoms. The Morgan fingerprint density at radius 2 is 2.00 bits per heavy atom. The van der Waals surface area contributed by atoms with Gasteiger partial charge < -0.3 is 20.6 Å². The van der Waals surface area contributed by atoms with Crippen molar-refractivity contribution in [1.29, 1.82) is 0 Å². The van der Waals surface area contributed by atoms with E-state index in [9.17, 15) is 9.90 Å². The summed E-state index contributed by atoms with van der Waals surface area (Å²) in [6.07, 6.45) is 1.72. The molecular formula is C14H18BrN3O2. The van der Waals surface area contributed by atoms with Crippen LogP contribution in [0.3, 0.4) is 0 Å². The van der Waals surface area contributed by atoms with Gasteiger partial charge in [-0.15, -0.1) is 0 Å². The lowest BCUT2D eigenvalue weighted by Gasteiger charge is -2.45. The maximum Gasteiger partial charge on any atom is 0.255 e. The molecule has 0 atom stereocenters. The third kappa shape index (κ3) is 2.07. The molecule has 2 heterocycles. The number of hydrogen-bond donors (Lipinski definition) is 3. The fraction of sp³-hybridized carbons (Fsp3) is 0.500. The smallest absolute Gasteiger partial charge is 0.255 e. The Morgan fingerprint density at radius 3 is 2.65 bits per heavy atom. The fourth-order valence-corrected chi connectivity index (χ4v) is 3.36. The largest absolute Gasteiger partial charge is 0.508 e. The quantitative estimate of drug-likeness (QED) is 0.633. The first kappa shape index (κ1) is 13.7. The van der Waals surface area contributed by atoms with E-state index < -0.39 is 0 Å². The Hall–Kier alpha value is -1.27. The Morgan fingerprint density at radius 1 is 1.35 bits per heavy atom. The summed E-state index contributed by atoms with van der Waals surface area (Å²) in [7, 11) is 2.09. The summed E-state index contributed by atoms with van der Waals surface area (Å²) in [6, 6.07) is 1.53. The monoisotopic (exact) mass is 339 g/mol. The van der Waals surface area contributed by atoms with Gasteiger partial charge in [-0.1, -0.05) is 0 Å². The molecule has 3 N–H and O–H groups in total. The fourth-order valence-electron chi connectivity index (χ4n) is 2.84. The summed E-state index contributed by atoms with van der Waals surface area (Å²) < 4.78 is 0.764. The molecule has 1 saturated heterocycles. The molecule has 1 aromatic rings. The maximum absolute atomic E-state index is 12.4. The van der Waals surface area contributed by atoms with Gasteiger partial charge in [-0.05, 0) is 36.0 Å².